The summed E-state index contributed by atoms with van der Waals surface area (Å²) in [5, 5.41) is 9.84. The number of nitrogens with zero attached hydrogens (tertiary/aromatic N) is 4. The maximum Gasteiger partial charge on any atom is 0.397 e. The maximum atomic E-state index is 12.2. The number of piperazine rings is 1. The van der Waals surface area contributed by atoms with Crippen molar-refractivity contribution in [3.8, 4) is 17.5 Å². The molecule has 29 heavy (non-hydrogen) atoms. The zero-order valence-electron chi connectivity index (χ0n) is 16.3. The fourth-order valence-electron chi connectivity index (χ4n) is 4.05. The Kier molecular flexibility index (Phi) is 5.21. The first kappa shape index (κ1) is 19.0. The van der Waals surface area contributed by atoms with E-state index in [-0.39, 0.29) is 6.61 Å². The number of esters is 1. The molecule has 0 saturated carbocycles. The van der Waals surface area contributed by atoms with Crippen molar-refractivity contribution in [1.82, 2.24) is 9.88 Å². The molecule has 0 atom stereocenters. The molecule has 0 aromatic carbocycles. The van der Waals surface area contributed by atoms with Gasteiger partial charge in [0.05, 0.1) is 18.4 Å². The van der Waals surface area contributed by atoms with Gasteiger partial charge in [-0.1, -0.05) is 0 Å². The number of carbonyl (C=O) groups is 2. The number of pyridine rings is 1. The molecule has 2 aliphatic rings. The number of fused-ring (bicyclic) bond motifs is 1. The van der Waals surface area contributed by atoms with E-state index in [1.54, 1.807) is 13.2 Å². The van der Waals surface area contributed by atoms with Gasteiger partial charge in [0, 0.05) is 26.2 Å². The minimum Gasteiger partial charge on any atom is -0.463 e. The van der Waals surface area contributed by atoms with Crippen LogP contribution in [0.25, 0.3) is 11.5 Å². The Hall–Kier alpha value is -3.34. The molecule has 4 rings (SSSR count). The summed E-state index contributed by atoms with van der Waals surface area (Å²) in [6.07, 6.45) is 4.35. The molecule has 1 saturated heterocycles. The predicted octanol–water partition coefficient (Wildman–Crippen LogP) is 1.91. The second-order valence-corrected chi connectivity index (χ2v) is 7.06. The van der Waals surface area contributed by atoms with E-state index in [4.69, 9.17) is 14.1 Å². The van der Waals surface area contributed by atoms with Gasteiger partial charge >= 0.3 is 11.9 Å². The van der Waals surface area contributed by atoms with Crippen LogP contribution in [0.2, 0.25) is 0 Å². The number of hydrogen-bond acceptors (Lipinski definition) is 7. The molecule has 0 unspecified atom stereocenters. The average molecular weight is 394 g/mol. The molecule has 8 heteroatoms. The number of anilines is 1. The highest BCUT2D eigenvalue weighted by molar-refractivity contribution is 6.32. The van der Waals surface area contributed by atoms with Crippen molar-refractivity contribution < 1.29 is 18.7 Å². The lowest BCUT2D eigenvalue weighted by Gasteiger charge is -2.35. The first-order valence-corrected chi connectivity index (χ1v) is 9.84. The topological polar surface area (TPSA) is 99.7 Å². The van der Waals surface area contributed by atoms with Crippen molar-refractivity contribution in [2.75, 3.05) is 37.7 Å². The van der Waals surface area contributed by atoms with E-state index >= 15 is 0 Å². The quantitative estimate of drug-likeness (QED) is 0.579. The van der Waals surface area contributed by atoms with Crippen LogP contribution >= 0.6 is 0 Å². The first-order chi connectivity index (χ1) is 14.1. The zero-order chi connectivity index (χ0) is 20.4. The molecule has 0 radical (unpaired) electrons. The first-order valence-electron chi connectivity index (χ1n) is 9.84. The summed E-state index contributed by atoms with van der Waals surface area (Å²) in [6.45, 7) is 3.56. The van der Waals surface area contributed by atoms with Gasteiger partial charge in [0.1, 0.15) is 17.6 Å². The molecule has 8 nitrogen and oxygen atoms in total. The Balaban J connectivity index is 1.61. The summed E-state index contributed by atoms with van der Waals surface area (Å²) >= 11 is 0. The van der Waals surface area contributed by atoms with Crippen LogP contribution in [0.1, 0.15) is 30.0 Å². The van der Waals surface area contributed by atoms with Crippen LogP contribution in [-0.4, -0.2) is 54.5 Å². The van der Waals surface area contributed by atoms with Crippen LogP contribution in [0.3, 0.4) is 0 Å². The largest absolute Gasteiger partial charge is 0.463 e. The van der Waals surface area contributed by atoms with E-state index in [0.29, 0.717) is 43.3 Å². The number of furan rings is 1. The highest BCUT2D eigenvalue weighted by Gasteiger charge is 2.31. The Labute approximate surface area is 168 Å². The molecule has 3 heterocycles. The molecule has 1 aliphatic heterocycles. The van der Waals surface area contributed by atoms with Crippen LogP contribution in [0, 0.1) is 11.3 Å². The second kappa shape index (κ2) is 7.95. The fourth-order valence-corrected chi connectivity index (χ4v) is 4.05. The normalized spacial score (nSPS) is 15.7. The van der Waals surface area contributed by atoms with Gasteiger partial charge in [-0.15, -0.1) is 0 Å². The highest BCUT2D eigenvalue weighted by atomic mass is 16.5. The molecule has 0 bridgehead atoms. The lowest BCUT2D eigenvalue weighted by atomic mass is 10.0. The Morgan fingerprint density at radius 1 is 1.24 bits per heavy atom. The van der Waals surface area contributed by atoms with Gasteiger partial charge < -0.3 is 19.0 Å². The van der Waals surface area contributed by atoms with Crippen molar-refractivity contribution in [2.24, 2.45) is 0 Å². The third kappa shape index (κ3) is 3.44. The van der Waals surface area contributed by atoms with Gasteiger partial charge in [0.15, 0.2) is 5.76 Å². The van der Waals surface area contributed by atoms with Crippen LogP contribution < -0.4 is 4.90 Å². The standard InChI is InChI=1S/C21H22N4O4/c1-2-28-21(27)20(26)25-10-8-24(9-11-25)19-16(13-22)14-5-3-6-15(14)18(23-19)17-7-4-12-29-17/h4,7,12H,2-3,5-6,8-11H2,1H3. The second-order valence-electron chi connectivity index (χ2n) is 7.06. The monoisotopic (exact) mass is 394 g/mol. The minimum absolute atomic E-state index is 0.171. The maximum absolute atomic E-state index is 12.2. The lowest BCUT2D eigenvalue weighted by molar-refractivity contribution is -0.160. The van der Waals surface area contributed by atoms with Crippen molar-refractivity contribution in [3.05, 3.63) is 35.1 Å². The zero-order valence-corrected chi connectivity index (χ0v) is 16.3. The van der Waals surface area contributed by atoms with Gasteiger partial charge in [-0.25, -0.2) is 9.78 Å². The third-order valence-corrected chi connectivity index (χ3v) is 5.43. The van der Waals surface area contributed by atoms with Gasteiger partial charge in [-0.3, -0.25) is 4.79 Å². The molecular weight excluding hydrogens is 372 g/mol. The predicted molar refractivity (Wildman–Crippen MR) is 104 cm³/mol. The van der Waals surface area contributed by atoms with Crippen molar-refractivity contribution in [1.29, 1.82) is 5.26 Å². The number of rotatable bonds is 3. The van der Waals surface area contributed by atoms with Crippen molar-refractivity contribution in [2.45, 2.75) is 26.2 Å². The molecule has 150 valence electrons. The molecule has 1 fully saturated rings. The van der Waals surface area contributed by atoms with Crippen molar-refractivity contribution in [3.63, 3.8) is 0 Å². The number of ether oxygens (including phenoxy) is 1. The van der Waals surface area contributed by atoms with E-state index in [1.807, 2.05) is 17.0 Å². The molecule has 2 aromatic heterocycles. The summed E-state index contributed by atoms with van der Waals surface area (Å²) in [6, 6.07) is 6.06. The molecule has 2 aromatic rings. The Morgan fingerprint density at radius 2 is 2.00 bits per heavy atom. The SMILES string of the molecule is CCOC(=O)C(=O)N1CCN(c2nc(-c3ccco3)c3c(c2C#N)CCC3)CC1. The van der Waals surface area contributed by atoms with E-state index in [9.17, 15) is 14.9 Å². The van der Waals surface area contributed by atoms with E-state index in [1.165, 1.54) is 4.90 Å². The summed E-state index contributed by atoms with van der Waals surface area (Å²) < 4.78 is 10.4. The highest BCUT2D eigenvalue weighted by Crippen LogP contribution is 2.37. The van der Waals surface area contributed by atoms with Gasteiger partial charge in [-0.05, 0) is 49.4 Å². The summed E-state index contributed by atoms with van der Waals surface area (Å²) in [7, 11) is 0. The summed E-state index contributed by atoms with van der Waals surface area (Å²) in [5.41, 5.74) is 3.55. The molecular formula is C21H22N4O4. The Morgan fingerprint density at radius 3 is 2.66 bits per heavy atom. The molecule has 0 N–H and O–H groups in total. The molecule has 0 spiro atoms. The Bertz CT molecular complexity index is 970. The van der Waals surface area contributed by atoms with Crippen LogP contribution in [0.4, 0.5) is 5.82 Å². The van der Waals surface area contributed by atoms with Crippen LogP contribution in [0.15, 0.2) is 22.8 Å². The number of hydrogen-bond donors (Lipinski definition) is 0. The van der Waals surface area contributed by atoms with E-state index in [0.717, 1.165) is 36.1 Å². The summed E-state index contributed by atoms with van der Waals surface area (Å²) in [5.74, 6) is -0.118. The summed E-state index contributed by atoms with van der Waals surface area (Å²) in [4.78, 5) is 32.2. The number of carbonyl (C=O) groups excluding carboxylic acids is 2. The van der Waals surface area contributed by atoms with Crippen LogP contribution in [-0.2, 0) is 27.2 Å². The van der Waals surface area contributed by atoms with E-state index < -0.39 is 11.9 Å². The number of nitriles is 1. The van der Waals surface area contributed by atoms with Crippen molar-refractivity contribution >= 4 is 17.7 Å². The fraction of sp³-hybridized carbons (Fsp3) is 0.429. The molecule has 1 amide bonds. The van der Waals surface area contributed by atoms with Gasteiger partial charge in [0.2, 0.25) is 0 Å². The smallest absolute Gasteiger partial charge is 0.397 e. The van der Waals surface area contributed by atoms with Gasteiger partial charge in [-0.2, -0.15) is 5.26 Å². The lowest BCUT2D eigenvalue weighted by Crippen LogP contribution is -2.51. The van der Waals surface area contributed by atoms with Crippen LogP contribution in [0.5, 0.6) is 0 Å². The number of aromatic nitrogens is 1. The van der Waals surface area contributed by atoms with Gasteiger partial charge in [0.25, 0.3) is 0 Å². The third-order valence-electron chi connectivity index (χ3n) is 5.43. The van der Waals surface area contributed by atoms with E-state index in [2.05, 4.69) is 6.07 Å². The number of amides is 1. The average Bonchev–Trinajstić information content (AvgIpc) is 3.44. The minimum atomic E-state index is -0.825. The molecule has 1 aliphatic carbocycles.